The molecule has 88 valence electrons. The lowest BCUT2D eigenvalue weighted by atomic mass is 10.2. The molecule has 0 radical (unpaired) electrons. The van der Waals surface area contributed by atoms with Gasteiger partial charge in [-0.05, 0) is 44.2 Å². The monoisotopic (exact) mass is 218 g/mol. The van der Waals surface area contributed by atoms with Crippen molar-refractivity contribution in [2.24, 2.45) is 0 Å². The third kappa shape index (κ3) is 5.25. The molecule has 2 heteroatoms. The van der Waals surface area contributed by atoms with E-state index in [0.717, 1.165) is 17.1 Å². The van der Waals surface area contributed by atoms with Gasteiger partial charge in [-0.2, -0.15) is 0 Å². The molecule has 3 N–H and O–H groups in total. The van der Waals surface area contributed by atoms with Crippen molar-refractivity contribution in [2.75, 3.05) is 11.1 Å². The summed E-state index contributed by atoms with van der Waals surface area (Å²) in [5.74, 6) is 0. The van der Waals surface area contributed by atoms with Crippen LogP contribution in [0.3, 0.4) is 0 Å². The quantitative estimate of drug-likeness (QED) is 0.590. The molecule has 0 unspecified atom stereocenters. The molecule has 0 heterocycles. The van der Waals surface area contributed by atoms with Crippen LogP contribution in [0.5, 0.6) is 0 Å². The Morgan fingerprint density at radius 3 is 2.12 bits per heavy atom. The minimum absolute atomic E-state index is 0.781. The number of nitrogens with two attached hydrogens (primary N) is 1. The van der Waals surface area contributed by atoms with Crippen LogP contribution in [0.4, 0.5) is 11.4 Å². The molecule has 0 aliphatic heterocycles. The number of hydrogen-bond acceptors (Lipinski definition) is 2. The van der Waals surface area contributed by atoms with Crippen molar-refractivity contribution < 1.29 is 0 Å². The SMILES string of the molecule is C/C=C\C(=C/C)Nc1ccc(N)cc1.CC. The predicted octanol–water partition coefficient (Wildman–Crippen LogP) is 4.19. The van der Waals surface area contributed by atoms with Gasteiger partial charge in [-0.3, -0.25) is 0 Å². The van der Waals surface area contributed by atoms with Crippen molar-refractivity contribution in [1.82, 2.24) is 0 Å². The molecule has 0 spiro atoms. The Kier molecular flexibility index (Phi) is 7.68. The van der Waals surface area contributed by atoms with Gasteiger partial charge >= 0.3 is 0 Å². The van der Waals surface area contributed by atoms with E-state index in [1.54, 1.807) is 0 Å². The van der Waals surface area contributed by atoms with Crippen molar-refractivity contribution in [3.63, 3.8) is 0 Å². The van der Waals surface area contributed by atoms with Crippen LogP contribution in [0.25, 0.3) is 0 Å². The second kappa shape index (κ2) is 8.60. The summed E-state index contributed by atoms with van der Waals surface area (Å²) in [6.45, 7) is 7.99. The number of rotatable bonds is 3. The Labute approximate surface area is 98.9 Å². The van der Waals surface area contributed by atoms with Gasteiger partial charge in [0.05, 0.1) is 0 Å². The smallest absolute Gasteiger partial charge is 0.0385 e. The normalized spacial score (nSPS) is 10.9. The lowest BCUT2D eigenvalue weighted by Gasteiger charge is -2.06. The summed E-state index contributed by atoms with van der Waals surface area (Å²) < 4.78 is 0. The maximum Gasteiger partial charge on any atom is 0.0385 e. The van der Waals surface area contributed by atoms with Gasteiger partial charge in [0.1, 0.15) is 0 Å². The standard InChI is InChI=1S/C12H16N2.C2H6/c1-3-5-11(4-2)14-12-8-6-10(13)7-9-12;1-2/h3-9,14H,13H2,1-2H3;1-2H3/b5-3-,11-4+;. The first kappa shape index (κ1) is 14.3. The minimum atomic E-state index is 0.781. The van der Waals surface area contributed by atoms with E-state index in [4.69, 9.17) is 5.73 Å². The van der Waals surface area contributed by atoms with Gasteiger partial charge in [-0.15, -0.1) is 0 Å². The van der Waals surface area contributed by atoms with E-state index < -0.39 is 0 Å². The molecule has 0 fully saturated rings. The summed E-state index contributed by atoms with van der Waals surface area (Å²) in [7, 11) is 0. The molecule has 16 heavy (non-hydrogen) atoms. The fraction of sp³-hybridized carbons (Fsp3) is 0.286. The Balaban J connectivity index is 0.00000106. The van der Waals surface area contributed by atoms with Crippen molar-refractivity contribution in [3.05, 3.63) is 48.2 Å². The molecule has 0 amide bonds. The third-order valence-electron chi connectivity index (χ3n) is 1.86. The van der Waals surface area contributed by atoms with Gasteiger partial charge in [-0.1, -0.05) is 26.0 Å². The zero-order valence-electron chi connectivity index (χ0n) is 10.6. The fourth-order valence-corrected chi connectivity index (χ4v) is 1.12. The highest BCUT2D eigenvalue weighted by Crippen LogP contribution is 2.13. The molecule has 0 bridgehead atoms. The number of nitrogen functional groups attached to an aromatic ring is 1. The van der Waals surface area contributed by atoms with Crippen LogP contribution in [0.15, 0.2) is 48.2 Å². The summed E-state index contributed by atoms with van der Waals surface area (Å²) in [6.07, 6.45) is 6.05. The van der Waals surface area contributed by atoms with Crippen molar-refractivity contribution in [3.8, 4) is 0 Å². The summed E-state index contributed by atoms with van der Waals surface area (Å²) in [5, 5.41) is 3.28. The molecule has 1 aromatic carbocycles. The molecule has 2 nitrogen and oxygen atoms in total. The fourth-order valence-electron chi connectivity index (χ4n) is 1.12. The largest absolute Gasteiger partial charge is 0.399 e. The number of hydrogen-bond donors (Lipinski definition) is 2. The zero-order valence-corrected chi connectivity index (χ0v) is 10.6. The maximum absolute atomic E-state index is 5.59. The highest BCUT2D eigenvalue weighted by molar-refractivity contribution is 5.55. The van der Waals surface area contributed by atoms with E-state index in [-0.39, 0.29) is 0 Å². The van der Waals surface area contributed by atoms with E-state index in [1.165, 1.54) is 0 Å². The van der Waals surface area contributed by atoms with Crippen molar-refractivity contribution in [1.29, 1.82) is 0 Å². The van der Waals surface area contributed by atoms with E-state index in [2.05, 4.69) is 5.32 Å². The van der Waals surface area contributed by atoms with Crippen LogP contribution in [0, 0.1) is 0 Å². The summed E-state index contributed by atoms with van der Waals surface area (Å²) >= 11 is 0. The Hall–Kier alpha value is -1.70. The van der Waals surface area contributed by atoms with Gasteiger partial charge in [0.25, 0.3) is 0 Å². The molecule has 0 saturated carbocycles. The summed E-state index contributed by atoms with van der Waals surface area (Å²) in [4.78, 5) is 0. The molecule has 0 saturated heterocycles. The average molecular weight is 218 g/mol. The number of benzene rings is 1. The molecular weight excluding hydrogens is 196 g/mol. The second-order valence-corrected chi connectivity index (χ2v) is 2.99. The Morgan fingerprint density at radius 2 is 1.69 bits per heavy atom. The van der Waals surface area contributed by atoms with Crippen molar-refractivity contribution in [2.45, 2.75) is 27.7 Å². The predicted molar refractivity (Wildman–Crippen MR) is 74.4 cm³/mol. The van der Waals surface area contributed by atoms with Crippen LogP contribution in [0.1, 0.15) is 27.7 Å². The van der Waals surface area contributed by atoms with Gasteiger partial charge in [-0.25, -0.2) is 0 Å². The summed E-state index contributed by atoms with van der Waals surface area (Å²) in [6, 6.07) is 7.68. The molecule has 0 aromatic heterocycles. The van der Waals surface area contributed by atoms with Crippen molar-refractivity contribution >= 4 is 11.4 Å². The van der Waals surface area contributed by atoms with Crippen LogP contribution in [-0.4, -0.2) is 0 Å². The van der Waals surface area contributed by atoms with Gasteiger partial charge in [0, 0.05) is 17.1 Å². The van der Waals surface area contributed by atoms with E-state index >= 15 is 0 Å². The molecular formula is C14H22N2. The van der Waals surface area contributed by atoms with Gasteiger partial charge in [0.2, 0.25) is 0 Å². The van der Waals surface area contributed by atoms with E-state index in [9.17, 15) is 0 Å². The van der Waals surface area contributed by atoms with Gasteiger partial charge < -0.3 is 11.1 Å². The highest BCUT2D eigenvalue weighted by atomic mass is 14.9. The average Bonchev–Trinajstić information content (AvgIpc) is 2.34. The molecule has 1 aromatic rings. The van der Waals surface area contributed by atoms with Crippen LogP contribution < -0.4 is 11.1 Å². The minimum Gasteiger partial charge on any atom is -0.399 e. The van der Waals surface area contributed by atoms with Crippen LogP contribution in [-0.2, 0) is 0 Å². The molecule has 0 aliphatic rings. The number of nitrogens with one attached hydrogen (secondary N) is 1. The van der Waals surface area contributed by atoms with E-state index in [0.29, 0.717) is 0 Å². The first-order chi connectivity index (χ1) is 7.76. The van der Waals surface area contributed by atoms with Crippen LogP contribution in [0.2, 0.25) is 0 Å². The topological polar surface area (TPSA) is 38.0 Å². The second-order valence-electron chi connectivity index (χ2n) is 2.99. The number of anilines is 2. The zero-order chi connectivity index (χ0) is 12.4. The lowest BCUT2D eigenvalue weighted by molar-refractivity contribution is 1.43. The maximum atomic E-state index is 5.59. The summed E-state index contributed by atoms with van der Waals surface area (Å²) in [5.41, 5.74) is 8.50. The first-order valence-corrected chi connectivity index (χ1v) is 5.68. The first-order valence-electron chi connectivity index (χ1n) is 5.68. The third-order valence-corrected chi connectivity index (χ3v) is 1.86. The lowest BCUT2D eigenvalue weighted by Crippen LogP contribution is -1.96. The van der Waals surface area contributed by atoms with Gasteiger partial charge in [0.15, 0.2) is 0 Å². The Morgan fingerprint density at radius 1 is 1.12 bits per heavy atom. The molecule has 0 atom stereocenters. The highest BCUT2D eigenvalue weighted by Gasteiger charge is 1.92. The Bertz CT molecular complexity index is 334. The van der Waals surface area contributed by atoms with Crippen LogP contribution >= 0.6 is 0 Å². The number of allylic oxidation sites excluding steroid dienone is 3. The van der Waals surface area contributed by atoms with E-state index in [1.807, 2.05) is 70.2 Å². The molecule has 0 aliphatic carbocycles. The molecule has 1 rings (SSSR count).